The zero-order valence-corrected chi connectivity index (χ0v) is 13.7. The third-order valence-corrected chi connectivity index (χ3v) is 6.53. The molecule has 0 saturated carbocycles. The fourth-order valence-corrected chi connectivity index (χ4v) is 4.92. The van der Waals surface area contributed by atoms with Crippen LogP contribution in [0.15, 0.2) is 16.7 Å². The Morgan fingerprint density at radius 2 is 2.30 bits per heavy atom. The van der Waals surface area contributed by atoms with Gasteiger partial charge < -0.3 is 4.57 Å². The Bertz CT molecular complexity index is 759. The minimum atomic E-state index is -2.99. The molecule has 0 N–H and O–H groups in total. The highest BCUT2D eigenvalue weighted by molar-refractivity contribution is 9.10. The van der Waals surface area contributed by atoms with E-state index in [1.165, 1.54) is 0 Å². The first kappa shape index (κ1) is 14.3. The van der Waals surface area contributed by atoms with Crippen molar-refractivity contribution in [2.24, 2.45) is 0 Å². The van der Waals surface area contributed by atoms with Gasteiger partial charge in [-0.15, -0.1) is 11.6 Å². The molecule has 2 aromatic heterocycles. The van der Waals surface area contributed by atoms with Crippen molar-refractivity contribution in [2.45, 2.75) is 30.5 Å². The Morgan fingerprint density at radius 1 is 1.50 bits per heavy atom. The SMILES string of the molecule is O=S1(=O)CCCC1Cn1c(CCl)nc2cc(Br)cnc21. The van der Waals surface area contributed by atoms with Crippen LogP contribution in [0, 0.1) is 0 Å². The molecule has 5 nitrogen and oxygen atoms in total. The molecule has 1 aliphatic rings. The molecular formula is C12H13BrClN3O2S. The van der Waals surface area contributed by atoms with E-state index in [4.69, 9.17) is 11.6 Å². The van der Waals surface area contributed by atoms with Gasteiger partial charge in [-0.05, 0) is 34.8 Å². The molecule has 108 valence electrons. The molecule has 3 rings (SSSR count). The van der Waals surface area contributed by atoms with E-state index >= 15 is 0 Å². The summed E-state index contributed by atoms with van der Waals surface area (Å²) in [5.41, 5.74) is 1.41. The van der Waals surface area contributed by atoms with Crippen LogP contribution >= 0.6 is 27.5 Å². The largest absolute Gasteiger partial charge is 0.310 e. The van der Waals surface area contributed by atoms with E-state index in [9.17, 15) is 8.42 Å². The number of imidazole rings is 1. The molecule has 3 heterocycles. The van der Waals surface area contributed by atoms with Gasteiger partial charge in [-0.25, -0.2) is 18.4 Å². The van der Waals surface area contributed by atoms with Gasteiger partial charge in [0.25, 0.3) is 0 Å². The van der Waals surface area contributed by atoms with E-state index in [1.54, 1.807) is 6.20 Å². The molecule has 1 atom stereocenters. The van der Waals surface area contributed by atoms with Crippen LogP contribution in [0.5, 0.6) is 0 Å². The highest BCUT2D eigenvalue weighted by Crippen LogP contribution is 2.25. The van der Waals surface area contributed by atoms with Gasteiger partial charge in [0.05, 0.1) is 16.9 Å². The summed E-state index contributed by atoms with van der Waals surface area (Å²) >= 11 is 9.28. The molecule has 0 amide bonds. The van der Waals surface area contributed by atoms with Crippen molar-refractivity contribution in [1.82, 2.24) is 14.5 Å². The van der Waals surface area contributed by atoms with Crippen molar-refractivity contribution >= 4 is 48.5 Å². The average Bonchev–Trinajstić information content (AvgIpc) is 2.90. The minimum Gasteiger partial charge on any atom is -0.310 e. The molecule has 0 spiro atoms. The predicted octanol–water partition coefficient (Wildman–Crippen LogP) is 2.51. The van der Waals surface area contributed by atoms with Crippen molar-refractivity contribution in [1.29, 1.82) is 0 Å². The zero-order chi connectivity index (χ0) is 14.3. The van der Waals surface area contributed by atoms with E-state index < -0.39 is 9.84 Å². The maximum atomic E-state index is 12.0. The van der Waals surface area contributed by atoms with Crippen LogP contribution in [-0.2, 0) is 22.3 Å². The van der Waals surface area contributed by atoms with Crippen molar-refractivity contribution in [3.05, 3.63) is 22.6 Å². The summed E-state index contributed by atoms with van der Waals surface area (Å²) in [7, 11) is -2.99. The molecule has 0 aromatic carbocycles. The van der Waals surface area contributed by atoms with Crippen LogP contribution in [0.2, 0.25) is 0 Å². The van der Waals surface area contributed by atoms with Gasteiger partial charge in [0.1, 0.15) is 11.3 Å². The zero-order valence-electron chi connectivity index (χ0n) is 10.6. The number of fused-ring (bicyclic) bond motifs is 1. The fraction of sp³-hybridized carbons (Fsp3) is 0.500. The molecule has 0 bridgehead atoms. The van der Waals surface area contributed by atoms with Crippen LogP contribution in [0.4, 0.5) is 0 Å². The van der Waals surface area contributed by atoms with Crippen molar-refractivity contribution < 1.29 is 8.42 Å². The lowest BCUT2D eigenvalue weighted by molar-refractivity contribution is 0.564. The number of hydrogen-bond donors (Lipinski definition) is 0. The lowest BCUT2D eigenvalue weighted by atomic mass is 10.2. The van der Waals surface area contributed by atoms with Crippen LogP contribution < -0.4 is 0 Å². The van der Waals surface area contributed by atoms with E-state index in [2.05, 4.69) is 25.9 Å². The van der Waals surface area contributed by atoms with Gasteiger partial charge in [-0.1, -0.05) is 0 Å². The average molecular weight is 379 g/mol. The molecule has 8 heteroatoms. The van der Waals surface area contributed by atoms with E-state index in [0.29, 0.717) is 24.4 Å². The maximum Gasteiger partial charge on any atom is 0.160 e. The summed E-state index contributed by atoms with van der Waals surface area (Å²) in [5.74, 6) is 1.18. The van der Waals surface area contributed by atoms with Crippen LogP contribution in [-0.4, -0.2) is 34.0 Å². The first-order valence-electron chi connectivity index (χ1n) is 6.29. The Hall–Kier alpha value is -0.660. The predicted molar refractivity (Wildman–Crippen MR) is 81.6 cm³/mol. The van der Waals surface area contributed by atoms with Gasteiger partial charge in [-0.3, -0.25) is 0 Å². The van der Waals surface area contributed by atoms with Gasteiger partial charge in [-0.2, -0.15) is 0 Å². The normalized spacial score (nSPS) is 21.6. The second-order valence-electron chi connectivity index (χ2n) is 4.90. The highest BCUT2D eigenvalue weighted by atomic mass is 79.9. The van der Waals surface area contributed by atoms with Crippen LogP contribution in [0.25, 0.3) is 11.2 Å². The number of aromatic nitrogens is 3. The van der Waals surface area contributed by atoms with Gasteiger partial charge in [0.2, 0.25) is 0 Å². The van der Waals surface area contributed by atoms with E-state index in [1.807, 2.05) is 10.6 Å². The smallest absolute Gasteiger partial charge is 0.160 e. The standard InChI is InChI=1S/C12H13BrClN3O2S/c13-8-4-10-12(15-6-8)17(11(5-14)16-10)7-9-2-1-3-20(9,18)19/h4,6,9H,1-3,5,7H2. The molecule has 20 heavy (non-hydrogen) atoms. The van der Waals surface area contributed by atoms with Crippen molar-refractivity contribution in [2.75, 3.05) is 5.75 Å². The highest BCUT2D eigenvalue weighted by Gasteiger charge is 2.32. The third kappa shape index (κ3) is 2.46. The van der Waals surface area contributed by atoms with Crippen molar-refractivity contribution in [3.8, 4) is 0 Å². The van der Waals surface area contributed by atoms with Crippen LogP contribution in [0.3, 0.4) is 0 Å². The summed E-state index contributed by atoms with van der Waals surface area (Å²) in [4.78, 5) is 8.76. The topological polar surface area (TPSA) is 64.8 Å². The molecule has 1 fully saturated rings. The lowest BCUT2D eigenvalue weighted by Gasteiger charge is -2.12. The Morgan fingerprint density at radius 3 is 2.95 bits per heavy atom. The number of pyridine rings is 1. The number of nitrogens with zero attached hydrogens (tertiary/aromatic N) is 3. The van der Waals surface area contributed by atoms with Gasteiger partial charge >= 0.3 is 0 Å². The summed E-state index contributed by atoms with van der Waals surface area (Å²) in [6.45, 7) is 0.384. The number of rotatable bonds is 3. The van der Waals surface area contributed by atoms with E-state index in [-0.39, 0.29) is 16.9 Å². The second-order valence-corrected chi connectivity index (χ2v) is 8.48. The molecule has 1 unspecified atom stereocenters. The quantitative estimate of drug-likeness (QED) is 0.770. The minimum absolute atomic E-state index is 0.237. The summed E-state index contributed by atoms with van der Waals surface area (Å²) in [6.07, 6.45) is 3.11. The molecule has 1 saturated heterocycles. The molecule has 1 aliphatic heterocycles. The Labute approximate surface area is 130 Å². The van der Waals surface area contributed by atoms with Crippen molar-refractivity contribution in [3.63, 3.8) is 0 Å². The fourth-order valence-electron chi connectivity index (χ4n) is 2.59. The Kier molecular flexibility index (Phi) is 3.77. The first-order chi connectivity index (χ1) is 9.51. The monoisotopic (exact) mass is 377 g/mol. The number of sulfone groups is 1. The summed E-state index contributed by atoms with van der Waals surface area (Å²) in [6, 6.07) is 1.86. The van der Waals surface area contributed by atoms with Gasteiger partial charge in [0, 0.05) is 17.2 Å². The molecule has 2 aromatic rings. The molecule has 0 radical (unpaired) electrons. The number of alkyl halides is 1. The van der Waals surface area contributed by atoms with Gasteiger partial charge in [0.15, 0.2) is 15.5 Å². The van der Waals surface area contributed by atoms with E-state index in [0.717, 1.165) is 16.4 Å². The molecular weight excluding hydrogens is 366 g/mol. The molecule has 0 aliphatic carbocycles. The Balaban J connectivity index is 2.06. The first-order valence-corrected chi connectivity index (χ1v) is 9.34. The van der Waals surface area contributed by atoms with Crippen LogP contribution in [0.1, 0.15) is 18.7 Å². The number of hydrogen-bond acceptors (Lipinski definition) is 4. The lowest BCUT2D eigenvalue weighted by Crippen LogP contribution is -2.23. The number of halogens is 2. The summed E-state index contributed by atoms with van der Waals surface area (Å²) < 4.78 is 26.6. The third-order valence-electron chi connectivity index (χ3n) is 3.60. The second kappa shape index (κ2) is 5.27. The maximum absolute atomic E-state index is 12.0. The summed E-state index contributed by atoms with van der Waals surface area (Å²) in [5, 5.41) is -0.354.